The van der Waals surface area contributed by atoms with E-state index < -0.39 is 0 Å². The number of hydrogen-bond donors (Lipinski definition) is 1. The van der Waals surface area contributed by atoms with Crippen molar-refractivity contribution in [3.63, 3.8) is 0 Å². The second kappa shape index (κ2) is 5.61. The minimum Gasteiger partial charge on any atom is -0.398 e. The minimum absolute atomic E-state index is 0.0169. The zero-order chi connectivity index (χ0) is 14.0. The zero-order valence-electron chi connectivity index (χ0n) is 11.8. The molecule has 2 unspecified atom stereocenters. The van der Waals surface area contributed by atoms with Gasteiger partial charge in [0, 0.05) is 12.2 Å². The molecule has 0 saturated carbocycles. The van der Waals surface area contributed by atoms with Gasteiger partial charge < -0.3 is 15.4 Å². The summed E-state index contributed by atoms with van der Waals surface area (Å²) < 4.78 is 5.63. The molecule has 1 aromatic carbocycles. The van der Waals surface area contributed by atoms with E-state index in [1.54, 1.807) is 6.07 Å². The Bertz CT molecular complexity index is 473. The second-order valence-corrected chi connectivity index (χ2v) is 5.25. The third-order valence-corrected chi connectivity index (χ3v) is 3.64. The fourth-order valence-corrected chi connectivity index (χ4v) is 2.44. The molecule has 0 bridgehead atoms. The lowest BCUT2D eigenvalue weighted by Gasteiger charge is -2.38. The van der Waals surface area contributed by atoms with E-state index in [1.807, 2.05) is 30.9 Å². The highest BCUT2D eigenvalue weighted by atomic mass is 16.5. The lowest BCUT2D eigenvalue weighted by atomic mass is 10.0. The topological polar surface area (TPSA) is 55.6 Å². The summed E-state index contributed by atoms with van der Waals surface area (Å²) in [7, 11) is 0. The minimum atomic E-state index is 0.0169. The van der Waals surface area contributed by atoms with Gasteiger partial charge in [0.2, 0.25) is 0 Å². The molecule has 4 heteroatoms. The van der Waals surface area contributed by atoms with Crippen LogP contribution < -0.4 is 5.73 Å². The molecule has 104 valence electrons. The molecule has 1 fully saturated rings. The molecule has 1 heterocycles. The van der Waals surface area contributed by atoms with Gasteiger partial charge >= 0.3 is 0 Å². The maximum absolute atomic E-state index is 12.7. The molecule has 2 rings (SSSR count). The van der Waals surface area contributed by atoms with E-state index >= 15 is 0 Å². The molecule has 2 atom stereocenters. The standard InChI is InChI=1S/C15H22N2O2/c1-4-12-9-19-11(3)8-17(12)15(18)13-7-10(2)5-6-14(13)16/h5-7,11-12H,4,8-9,16H2,1-3H3. The summed E-state index contributed by atoms with van der Waals surface area (Å²) >= 11 is 0. The summed E-state index contributed by atoms with van der Waals surface area (Å²) in [6, 6.07) is 5.73. The van der Waals surface area contributed by atoms with Gasteiger partial charge in [-0.2, -0.15) is 0 Å². The monoisotopic (exact) mass is 262 g/mol. The number of hydrogen-bond acceptors (Lipinski definition) is 3. The van der Waals surface area contributed by atoms with E-state index in [-0.39, 0.29) is 18.1 Å². The number of rotatable bonds is 2. The van der Waals surface area contributed by atoms with Crippen molar-refractivity contribution < 1.29 is 9.53 Å². The summed E-state index contributed by atoms with van der Waals surface area (Å²) in [5.41, 5.74) is 8.14. The van der Waals surface area contributed by atoms with Crippen LogP contribution in [0.2, 0.25) is 0 Å². The van der Waals surface area contributed by atoms with Gasteiger partial charge in [0.1, 0.15) is 0 Å². The van der Waals surface area contributed by atoms with Crippen LogP contribution in [0.1, 0.15) is 36.2 Å². The molecule has 1 saturated heterocycles. The lowest BCUT2D eigenvalue weighted by Crippen LogP contribution is -2.51. The Balaban J connectivity index is 2.28. The predicted octanol–water partition coefficient (Wildman–Crippen LogP) is 2.22. The summed E-state index contributed by atoms with van der Waals surface area (Å²) in [5.74, 6) is 0.0169. The first-order valence-electron chi connectivity index (χ1n) is 6.81. The zero-order valence-corrected chi connectivity index (χ0v) is 11.8. The number of carbonyl (C=O) groups is 1. The number of morpholine rings is 1. The number of benzene rings is 1. The first-order valence-corrected chi connectivity index (χ1v) is 6.81. The number of ether oxygens (including phenoxy) is 1. The molecule has 1 aliphatic rings. The molecule has 0 radical (unpaired) electrons. The number of nitrogens with zero attached hydrogens (tertiary/aromatic N) is 1. The molecule has 2 N–H and O–H groups in total. The average molecular weight is 262 g/mol. The van der Waals surface area contributed by atoms with Crippen LogP contribution in [0.15, 0.2) is 18.2 Å². The van der Waals surface area contributed by atoms with Crippen molar-refractivity contribution in [3.05, 3.63) is 29.3 Å². The number of nitrogens with two attached hydrogens (primary N) is 1. The van der Waals surface area contributed by atoms with Gasteiger partial charge in [-0.15, -0.1) is 0 Å². The maximum atomic E-state index is 12.7. The van der Waals surface area contributed by atoms with Gasteiger partial charge in [0.05, 0.1) is 24.3 Å². The summed E-state index contributed by atoms with van der Waals surface area (Å²) in [4.78, 5) is 14.6. The fraction of sp³-hybridized carbons (Fsp3) is 0.533. The number of nitrogen functional groups attached to an aromatic ring is 1. The molecule has 0 spiro atoms. The average Bonchev–Trinajstić information content (AvgIpc) is 2.40. The predicted molar refractivity (Wildman–Crippen MR) is 76.1 cm³/mol. The Hall–Kier alpha value is -1.55. The van der Waals surface area contributed by atoms with Crippen molar-refractivity contribution in [3.8, 4) is 0 Å². The van der Waals surface area contributed by atoms with E-state index in [2.05, 4.69) is 6.92 Å². The van der Waals surface area contributed by atoms with Crippen molar-refractivity contribution in [1.82, 2.24) is 4.90 Å². The third kappa shape index (κ3) is 2.89. The molecule has 0 aliphatic carbocycles. The van der Waals surface area contributed by atoms with Crippen LogP contribution >= 0.6 is 0 Å². The quantitative estimate of drug-likeness (QED) is 0.831. The van der Waals surface area contributed by atoms with Crippen LogP contribution in [-0.4, -0.2) is 36.1 Å². The number of anilines is 1. The molecule has 1 aromatic rings. The molecular weight excluding hydrogens is 240 g/mol. The van der Waals surface area contributed by atoms with E-state index in [9.17, 15) is 4.79 Å². The van der Waals surface area contributed by atoms with Gasteiger partial charge in [-0.05, 0) is 32.4 Å². The Kier molecular flexibility index (Phi) is 4.10. The highest BCUT2D eigenvalue weighted by Gasteiger charge is 2.30. The van der Waals surface area contributed by atoms with Crippen molar-refractivity contribution in [2.75, 3.05) is 18.9 Å². The number of amides is 1. The first kappa shape index (κ1) is 13.9. The van der Waals surface area contributed by atoms with Crippen LogP contribution in [0.25, 0.3) is 0 Å². The van der Waals surface area contributed by atoms with Crippen molar-refractivity contribution in [2.45, 2.75) is 39.3 Å². The Morgan fingerprint density at radius 1 is 1.53 bits per heavy atom. The van der Waals surface area contributed by atoms with Crippen LogP contribution in [0.3, 0.4) is 0 Å². The molecule has 0 aromatic heterocycles. The van der Waals surface area contributed by atoms with Gasteiger partial charge in [0.25, 0.3) is 5.91 Å². The SMILES string of the molecule is CCC1COC(C)CN1C(=O)c1cc(C)ccc1N. The first-order chi connectivity index (χ1) is 9.02. The van der Waals surface area contributed by atoms with Crippen LogP contribution in [0, 0.1) is 6.92 Å². The molecule has 4 nitrogen and oxygen atoms in total. The number of aryl methyl sites for hydroxylation is 1. The van der Waals surface area contributed by atoms with Crippen LogP contribution in [-0.2, 0) is 4.74 Å². The van der Waals surface area contributed by atoms with E-state index in [1.165, 1.54) is 0 Å². The van der Waals surface area contributed by atoms with Gasteiger partial charge in [-0.1, -0.05) is 18.6 Å². The molecular formula is C15H22N2O2. The Labute approximate surface area is 114 Å². The van der Waals surface area contributed by atoms with Crippen molar-refractivity contribution in [1.29, 1.82) is 0 Å². The van der Waals surface area contributed by atoms with E-state index in [0.717, 1.165) is 12.0 Å². The van der Waals surface area contributed by atoms with Crippen LogP contribution in [0.5, 0.6) is 0 Å². The van der Waals surface area contributed by atoms with Gasteiger partial charge in [0.15, 0.2) is 0 Å². The molecule has 1 amide bonds. The van der Waals surface area contributed by atoms with E-state index in [4.69, 9.17) is 10.5 Å². The highest BCUT2D eigenvalue weighted by molar-refractivity contribution is 5.99. The third-order valence-electron chi connectivity index (χ3n) is 3.64. The summed E-state index contributed by atoms with van der Waals surface area (Å²) in [6.07, 6.45) is 0.974. The summed E-state index contributed by atoms with van der Waals surface area (Å²) in [5, 5.41) is 0. The molecule has 1 aliphatic heterocycles. The Morgan fingerprint density at radius 3 is 2.95 bits per heavy atom. The normalized spacial score (nSPS) is 23.4. The van der Waals surface area contributed by atoms with Gasteiger partial charge in [-0.25, -0.2) is 0 Å². The van der Waals surface area contributed by atoms with Crippen molar-refractivity contribution >= 4 is 11.6 Å². The van der Waals surface area contributed by atoms with Gasteiger partial charge in [-0.3, -0.25) is 4.79 Å². The van der Waals surface area contributed by atoms with E-state index in [0.29, 0.717) is 24.4 Å². The largest absolute Gasteiger partial charge is 0.398 e. The highest BCUT2D eigenvalue weighted by Crippen LogP contribution is 2.21. The van der Waals surface area contributed by atoms with Crippen molar-refractivity contribution in [2.24, 2.45) is 0 Å². The smallest absolute Gasteiger partial charge is 0.256 e. The maximum Gasteiger partial charge on any atom is 0.256 e. The van der Waals surface area contributed by atoms with Crippen LogP contribution in [0.4, 0.5) is 5.69 Å². The summed E-state index contributed by atoms with van der Waals surface area (Å²) in [6.45, 7) is 7.27. The fourth-order valence-electron chi connectivity index (χ4n) is 2.44. The Morgan fingerprint density at radius 2 is 2.26 bits per heavy atom. The molecule has 19 heavy (non-hydrogen) atoms. The lowest BCUT2D eigenvalue weighted by molar-refractivity contribution is -0.0443. The number of carbonyl (C=O) groups excluding carboxylic acids is 1. The second-order valence-electron chi connectivity index (χ2n) is 5.25.